The van der Waals surface area contributed by atoms with Crippen LogP contribution < -0.4 is 10.1 Å². The van der Waals surface area contributed by atoms with Gasteiger partial charge in [0.15, 0.2) is 0 Å². The predicted octanol–water partition coefficient (Wildman–Crippen LogP) is 4.17. The molecule has 0 spiro atoms. The summed E-state index contributed by atoms with van der Waals surface area (Å²) in [5.41, 5.74) is 1.22. The van der Waals surface area contributed by atoms with Crippen molar-refractivity contribution >= 4 is 33.5 Å². The highest BCUT2D eigenvalue weighted by atomic mass is 79.9. The second kappa shape index (κ2) is 6.67. The van der Waals surface area contributed by atoms with Crippen LogP contribution in [0.3, 0.4) is 0 Å². The van der Waals surface area contributed by atoms with E-state index in [9.17, 15) is 0 Å². The molecule has 0 aliphatic carbocycles. The van der Waals surface area contributed by atoms with Crippen LogP contribution >= 0.6 is 27.7 Å². The van der Waals surface area contributed by atoms with Gasteiger partial charge in [0, 0.05) is 29.5 Å². The summed E-state index contributed by atoms with van der Waals surface area (Å²) in [6.07, 6.45) is 5.44. The van der Waals surface area contributed by atoms with Crippen LogP contribution in [0.5, 0.6) is 5.75 Å². The zero-order valence-corrected chi connectivity index (χ0v) is 15.4. The van der Waals surface area contributed by atoms with Crippen LogP contribution in [0.2, 0.25) is 0 Å². The molecule has 0 saturated heterocycles. The van der Waals surface area contributed by atoms with Gasteiger partial charge in [0.25, 0.3) is 0 Å². The minimum atomic E-state index is 0.0645. The first-order valence-corrected chi connectivity index (χ1v) is 9.21. The highest BCUT2D eigenvalue weighted by Gasteiger charge is 2.36. The number of aliphatic imine (C=N–C) groups is 1. The number of hydrogen-bond acceptors (Lipinski definition) is 4. The van der Waals surface area contributed by atoms with E-state index in [2.05, 4.69) is 40.3 Å². The zero-order valence-electron chi connectivity index (χ0n) is 13.0. The molecule has 0 bridgehead atoms. The third kappa shape index (κ3) is 3.35. The standard InChI is InChI=1S/C17H21BrN2OS/c1-17(16-19-8-3-9-20-16)7-6-14(22-17)11-12-10-13(18)4-5-15(12)21-2/h4-6,10H,3,7-9,11H2,1-2H3,(H,19,20). The average molecular weight is 381 g/mol. The summed E-state index contributed by atoms with van der Waals surface area (Å²) >= 11 is 5.49. The Bertz CT molecular complexity index is 629. The first-order valence-electron chi connectivity index (χ1n) is 7.60. The number of hydrogen-bond donors (Lipinski definition) is 1. The van der Waals surface area contributed by atoms with Gasteiger partial charge in [0.2, 0.25) is 0 Å². The van der Waals surface area contributed by atoms with E-state index in [0.717, 1.165) is 48.4 Å². The van der Waals surface area contributed by atoms with Crippen molar-refractivity contribution in [3.8, 4) is 5.75 Å². The molecule has 22 heavy (non-hydrogen) atoms. The largest absolute Gasteiger partial charge is 0.496 e. The molecule has 0 aromatic heterocycles. The third-order valence-electron chi connectivity index (χ3n) is 4.08. The molecule has 0 fully saturated rings. The van der Waals surface area contributed by atoms with Gasteiger partial charge in [-0.15, -0.1) is 11.8 Å². The van der Waals surface area contributed by atoms with E-state index in [0.29, 0.717) is 0 Å². The van der Waals surface area contributed by atoms with Gasteiger partial charge >= 0.3 is 0 Å². The van der Waals surface area contributed by atoms with Crippen LogP contribution in [0, 0.1) is 0 Å². The molecule has 5 heteroatoms. The monoisotopic (exact) mass is 380 g/mol. The van der Waals surface area contributed by atoms with E-state index in [-0.39, 0.29) is 4.75 Å². The molecule has 0 amide bonds. The molecule has 0 radical (unpaired) electrons. The average Bonchev–Trinajstić information content (AvgIpc) is 2.91. The Kier molecular flexibility index (Phi) is 4.83. The Morgan fingerprint density at radius 2 is 2.32 bits per heavy atom. The van der Waals surface area contributed by atoms with E-state index >= 15 is 0 Å². The van der Waals surface area contributed by atoms with Crippen molar-refractivity contribution in [3.05, 3.63) is 39.2 Å². The number of methoxy groups -OCH3 is 1. The molecule has 1 unspecified atom stereocenters. The van der Waals surface area contributed by atoms with E-state index in [4.69, 9.17) is 9.73 Å². The van der Waals surface area contributed by atoms with Crippen LogP contribution in [0.25, 0.3) is 0 Å². The molecule has 1 N–H and O–H groups in total. The molecule has 3 nitrogen and oxygen atoms in total. The number of benzene rings is 1. The molecule has 2 aliphatic rings. The Morgan fingerprint density at radius 3 is 3.05 bits per heavy atom. The lowest BCUT2D eigenvalue weighted by atomic mass is 10.0. The van der Waals surface area contributed by atoms with E-state index in [1.54, 1.807) is 7.11 Å². The number of nitrogens with one attached hydrogen (secondary N) is 1. The fourth-order valence-corrected chi connectivity index (χ4v) is 4.68. The van der Waals surface area contributed by atoms with Gasteiger partial charge in [-0.25, -0.2) is 0 Å². The Hall–Kier alpha value is -0.940. The van der Waals surface area contributed by atoms with Gasteiger partial charge in [-0.05, 0) is 42.9 Å². The normalized spacial score (nSPS) is 24.5. The molecule has 118 valence electrons. The molecule has 0 saturated carbocycles. The number of nitrogens with zero attached hydrogens (tertiary/aromatic N) is 1. The fourth-order valence-electron chi connectivity index (χ4n) is 2.89. The van der Waals surface area contributed by atoms with Gasteiger partial charge in [-0.2, -0.15) is 0 Å². The molecule has 2 aliphatic heterocycles. The zero-order chi connectivity index (χ0) is 15.6. The summed E-state index contributed by atoms with van der Waals surface area (Å²) in [5, 5.41) is 3.48. The molecule has 2 heterocycles. The van der Waals surface area contributed by atoms with Crippen molar-refractivity contribution in [2.75, 3.05) is 20.2 Å². The first kappa shape index (κ1) is 15.9. The van der Waals surface area contributed by atoms with Crippen molar-refractivity contribution in [3.63, 3.8) is 0 Å². The summed E-state index contributed by atoms with van der Waals surface area (Å²) in [5.74, 6) is 2.11. The number of allylic oxidation sites excluding steroid dienone is 2. The Balaban J connectivity index is 1.73. The lowest BCUT2D eigenvalue weighted by Gasteiger charge is -2.29. The highest BCUT2D eigenvalue weighted by Crippen LogP contribution is 2.45. The smallest absolute Gasteiger partial charge is 0.122 e. The van der Waals surface area contributed by atoms with Gasteiger partial charge in [-0.3, -0.25) is 4.99 Å². The summed E-state index contributed by atoms with van der Waals surface area (Å²) in [6.45, 7) is 4.29. The Labute approximate surface area is 144 Å². The second-order valence-electron chi connectivity index (χ2n) is 5.85. The summed E-state index contributed by atoms with van der Waals surface area (Å²) in [6, 6.07) is 6.18. The molecule has 1 atom stereocenters. The lowest BCUT2D eigenvalue weighted by molar-refractivity contribution is 0.410. The van der Waals surface area contributed by atoms with Crippen molar-refractivity contribution in [1.29, 1.82) is 0 Å². The molecular weight excluding hydrogens is 360 g/mol. The summed E-state index contributed by atoms with van der Waals surface area (Å²) in [4.78, 5) is 6.09. The van der Waals surface area contributed by atoms with E-state index in [1.165, 1.54) is 10.5 Å². The minimum Gasteiger partial charge on any atom is -0.496 e. The van der Waals surface area contributed by atoms with Crippen molar-refractivity contribution in [1.82, 2.24) is 5.32 Å². The van der Waals surface area contributed by atoms with Gasteiger partial charge < -0.3 is 10.1 Å². The number of halogens is 1. The van der Waals surface area contributed by atoms with Crippen molar-refractivity contribution < 1.29 is 4.74 Å². The summed E-state index contributed by atoms with van der Waals surface area (Å²) in [7, 11) is 1.73. The van der Waals surface area contributed by atoms with Crippen LogP contribution in [0.15, 0.2) is 38.6 Å². The maximum atomic E-state index is 5.49. The lowest BCUT2D eigenvalue weighted by Crippen LogP contribution is -2.43. The number of amidine groups is 1. The van der Waals surface area contributed by atoms with Crippen LogP contribution in [0.4, 0.5) is 0 Å². The highest BCUT2D eigenvalue weighted by molar-refractivity contribution is 9.10. The third-order valence-corrected chi connectivity index (χ3v) is 5.96. The van der Waals surface area contributed by atoms with E-state index < -0.39 is 0 Å². The second-order valence-corrected chi connectivity index (χ2v) is 8.40. The minimum absolute atomic E-state index is 0.0645. The number of ether oxygens (including phenoxy) is 1. The maximum Gasteiger partial charge on any atom is 0.122 e. The van der Waals surface area contributed by atoms with Crippen molar-refractivity contribution in [2.24, 2.45) is 4.99 Å². The fraction of sp³-hybridized carbons (Fsp3) is 0.471. The van der Waals surface area contributed by atoms with Crippen molar-refractivity contribution in [2.45, 2.75) is 30.9 Å². The summed E-state index contributed by atoms with van der Waals surface area (Å²) < 4.78 is 6.64. The molecule has 1 aromatic carbocycles. The van der Waals surface area contributed by atoms with E-state index in [1.807, 2.05) is 23.9 Å². The molecule has 1 aromatic rings. The van der Waals surface area contributed by atoms with Crippen LogP contribution in [0.1, 0.15) is 25.3 Å². The van der Waals surface area contributed by atoms with Gasteiger partial charge in [-0.1, -0.05) is 22.0 Å². The molecule has 3 rings (SSSR count). The molecular formula is C17H21BrN2OS. The number of thioether (sulfide) groups is 1. The Morgan fingerprint density at radius 1 is 1.45 bits per heavy atom. The van der Waals surface area contributed by atoms with Crippen LogP contribution in [-0.4, -0.2) is 30.8 Å². The SMILES string of the molecule is COc1ccc(Br)cc1CC1=CCC(C)(C2=NCCCN2)S1. The first-order chi connectivity index (χ1) is 10.6. The van der Waals surface area contributed by atoms with Gasteiger partial charge in [0.05, 0.1) is 11.9 Å². The number of rotatable bonds is 4. The van der Waals surface area contributed by atoms with Gasteiger partial charge in [0.1, 0.15) is 11.6 Å². The topological polar surface area (TPSA) is 33.6 Å². The quantitative estimate of drug-likeness (QED) is 0.850. The van der Waals surface area contributed by atoms with Crippen LogP contribution in [-0.2, 0) is 6.42 Å². The maximum absolute atomic E-state index is 5.49. The predicted molar refractivity (Wildman–Crippen MR) is 98.0 cm³/mol.